The van der Waals surface area contributed by atoms with Gasteiger partial charge in [0, 0.05) is 48.3 Å². The molecule has 1 amide bonds. The normalized spacial score (nSPS) is 11.2. The Morgan fingerprint density at radius 3 is 2.50 bits per heavy atom. The molecule has 10 heteroatoms. The summed E-state index contributed by atoms with van der Waals surface area (Å²) in [5, 5.41) is 9.59. The third-order valence-corrected chi connectivity index (χ3v) is 4.41. The maximum atomic E-state index is 12.7. The Bertz CT molecular complexity index is 987. The van der Waals surface area contributed by atoms with Crippen LogP contribution in [-0.2, 0) is 0 Å². The topological polar surface area (TPSA) is 83.1 Å². The highest BCUT2D eigenvalue weighted by atomic mass is 35.5. The number of ether oxygens (including phenoxy) is 1. The smallest absolute Gasteiger partial charge is 0.420 e. The van der Waals surface area contributed by atoms with Crippen molar-refractivity contribution in [2.45, 2.75) is 19.4 Å². The quantitative estimate of drug-likeness (QED) is 0.499. The molecule has 0 saturated carbocycles. The number of amides is 1. The average Bonchev–Trinajstić information content (AvgIpc) is 3.24. The van der Waals surface area contributed by atoms with E-state index in [1.165, 1.54) is 30.5 Å². The molecule has 3 rings (SSSR count). The van der Waals surface area contributed by atoms with Crippen molar-refractivity contribution in [3.8, 4) is 17.0 Å². The van der Waals surface area contributed by atoms with Crippen LogP contribution in [0.15, 0.2) is 48.8 Å². The van der Waals surface area contributed by atoms with E-state index in [0.717, 1.165) is 30.2 Å². The molecule has 0 bridgehead atoms. The molecule has 0 radical (unpaired) electrons. The lowest BCUT2D eigenvalue weighted by Crippen LogP contribution is -2.24. The first-order valence-corrected chi connectivity index (χ1v) is 9.60. The van der Waals surface area contributed by atoms with Gasteiger partial charge in [0.1, 0.15) is 11.6 Å². The van der Waals surface area contributed by atoms with E-state index in [2.05, 4.69) is 30.1 Å². The number of nitrogens with one attached hydrogen (secondary N) is 2. The molecule has 2 heterocycles. The van der Waals surface area contributed by atoms with Crippen LogP contribution in [0.4, 0.5) is 20.3 Å². The zero-order valence-electron chi connectivity index (χ0n) is 16.3. The molecule has 3 aromatic rings. The number of alkyl halides is 3. The van der Waals surface area contributed by atoms with Crippen LogP contribution in [-0.4, -0.2) is 39.7 Å². The van der Waals surface area contributed by atoms with E-state index >= 15 is 0 Å². The van der Waals surface area contributed by atoms with Crippen molar-refractivity contribution in [3.05, 3.63) is 54.4 Å². The number of rotatable bonds is 8. The highest BCUT2D eigenvalue weighted by Gasteiger charge is 2.27. The van der Waals surface area contributed by atoms with E-state index in [0.29, 0.717) is 11.3 Å². The van der Waals surface area contributed by atoms with Crippen LogP contribution >= 0.6 is 11.6 Å². The number of H-pyrrole nitrogens is 1. The Balaban J connectivity index is 1.83. The van der Waals surface area contributed by atoms with E-state index in [-0.39, 0.29) is 5.75 Å². The molecule has 0 aliphatic rings. The van der Waals surface area contributed by atoms with Gasteiger partial charge in [-0.15, -0.1) is 8.78 Å². The largest absolute Gasteiger partial charge is 0.487 e. The van der Waals surface area contributed by atoms with Crippen LogP contribution in [0.5, 0.6) is 5.75 Å². The highest BCUT2D eigenvalue weighted by Crippen LogP contribution is 2.29. The summed E-state index contributed by atoms with van der Waals surface area (Å²) in [6.45, 7) is 5.56. The van der Waals surface area contributed by atoms with Gasteiger partial charge in [0.15, 0.2) is 0 Å². The summed E-state index contributed by atoms with van der Waals surface area (Å²) in [5.41, 5.74) is -1.57. The molecular formula is C20H20ClF2N5O2. The van der Waals surface area contributed by atoms with Crippen LogP contribution in [0, 0.1) is 0 Å². The minimum Gasteiger partial charge on any atom is -0.420 e. The van der Waals surface area contributed by atoms with Gasteiger partial charge in [-0.05, 0) is 50.2 Å². The minimum absolute atomic E-state index is 0.125. The Morgan fingerprint density at radius 1 is 1.23 bits per heavy atom. The van der Waals surface area contributed by atoms with Crippen molar-refractivity contribution in [2.24, 2.45) is 0 Å². The number of aromatic nitrogens is 3. The minimum atomic E-state index is -3.80. The van der Waals surface area contributed by atoms with Crippen molar-refractivity contribution in [3.63, 3.8) is 0 Å². The molecular weight excluding hydrogens is 416 g/mol. The van der Waals surface area contributed by atoms with E-state index in [1.807, 2.05) is 13.8 Å². The van der Waals surface area contributed by atoms with E-state index in [1.54, 1.807) is 18.3 Å². The van der Waals surface area contributed by atoms with Crippen molar-refractivity contribution >= 4 is 29.0 Å². The van der Waals surface area contributed by atoms with Gasteiger partial charge >= 0.3 is 5.57 Å². The number of aromatic amines is 1. The van der Waals surface area contributed by atoms with Gasteiger partial charge < -0.3 is 15.0 Å². The molecule has 0 aliphatic carbocycles. The number of nitrogens with zero attached hydrogens (tertiary/aromatic N) is 3. The van der Waals surface area contributed by atoms with Crippen molar-refractivity contribution in [1.82, 2.24) is 15.2 Å². The van der Waals surface area contributed by atoms with Gasteiger partial charge in [-0.25, -0.2) is 4.98 Å². The standard InChI is InChI=1S/C20H20ClF2N5O2/c1-3-28(4-2)18-16(17-9-10-25-27-17)11-13(12-24-18)19(29)26-14-5-7-15(8-6-14)30-20(21,22)23/h5-12H,3-4H2,1-2H3,(H,25,27)(H,26,29). The fourth-order valence-corrected chi connectivity index (χ4v) is 2.99. The molecule has 158 valence electrons. The van der Waals surface area contributed by atoms with Crippen molar-refractivity contribution in [1.29, 1.82) is 0 Å². The van der Waals surface area contributed by atoms with Crippen LogP contribution < -0.4 is 15.0 Å². The SMILES string of the molecule is CCN(CC)c1ncc(C(=O)Nc2ccc(OC(F)(F)Cl)cc2)cc1-c1ccn[nH]1. The van der Waals surface area contributed by atoms with Gasteiger partial charge in [-0.2, -0.15) is 5.10 Å². The maximum absolute atomic E-state index is 12.7. The Labute approximate surface area is 177 Å². The monoisotopic (exact) mass is 435 g/mol. The molecule has 2 aromatic heterocycles. The average molecular weight is 436 g/mol. The first-order valence-electron chi connectivity index (χ1n) is 9.22. The van der Waals surface area contributed by atoms with Gasteiger partial charge in [0.2, 0.25) is 0 Å². The molecule has 30 heavy (non-hydrogen) atoms. The van der Waals surface area contributed by atoms with Crippen molar-refractivity contribution in [2.75, 3.05) is 23.3 Å². The second-order valence-electron chi connectivity index (χ2n) is 6.26. The fourth-order valence-electron chi connectivity index (χ4n) is 2.90. The zero-order valence-corrected chi connectivity index (χ0v) is 17.1. The number of hydrogen-bond donors (Lipinski definition) is 2. The van der Waals surface area contributed by atoms with Crippen LogP contribution in [0.1, 0.15) is 24.2 Å². The van der Waals surface area contributed by atoms with Crippen LogP contribution in [0.2, 0.25) is 0 Å². The van der Waals surface area contributed by atoms with Crippen LogP contribution in [0.25, 0.3) is 11.3 Å². The highest BCUT2D eigenvalue weighted by molar-refractivity contribution is 6.20. The summed E-state index contributed by atoms with van der Waals surface area (Å²) in [4.78, 5) is 19.3. The van der Waals surface area contributed by atoms with Gasteiger partial charge in [0.05, 0.1) is 11.3 Å². The number of anilines is 2. The molecule has 0 aliphatic heterocycles. The lowest BCUT2D eigenvalue weighted by Gasteiger charge is -2.22. The second-order valence-corrected chi connectivity index (χ2v) is 6.70. The maximum Gasteiger partial charge on any atom is 0.487 e. The molecule has 0 saturated heterocycles. The predicted molar refractivity (Wildman–Crippen MR) is 111 cm³/mol. The lowest BCUT2D eigenvalue weighted by molar-refractivity contribution is -0.0964. The Kier molecular flexibility index (Phi) is 6.51. The molecule has 0 fully saturated rings. The predicted octanol–water partition coefficient (Wildman–Crippen LogP) is 4.74. The number of benzene rings is 1. The molecule has 0 spiro atoms. The lowest BCUT2D eigenvalue weighted by atomic mass is 10.1. The number of pyridine rings is 1. The molecule has 0 atom stereocenters. The summed E-state index contributed by atoms with van der Waals surface area (Å²) in [6.07, 6.45) is 3.12. The summed E-state index contributed by atoms with van der Waals surface area (Å²) >= 11 is 4.74. The number of carbonyl (C=O) groups excluding carboxylic acids is 1. The van der Waals surface area contributed by atoms with E-state index < -0.39 is 11.5 Å². The van der Waals surface area contributed by atoms with Gasteiger partial charge in [-0.3, -0.25) is 9.89 Å². The summed E-state index contributed by atoms with van der Waals surface area (Å²) < 4.78 is 29.6. The second kappa shape index (κ2) is 9.08. The summed E-state index contributed by atoms with van der Waals surface area (Å²) in [7, 11) is 0. The third kappa shape index (κ3) is 5.24. The van der Waals surface area contributed by atoms with E-state index in [4.69, 9.17) is 11.6 Å². The Hall–Kier alpha value is -3.20. The molecule has 2 N–H and O–H groups in total. The summed E-state index contributed by atoms with van der Waals surface area (Å²) in [5.74, 6) is 0.217. The van der Waals surface area contributed by atoms with Crippen molar-refractivity contribution < 1.29 is 18.3 Å². The fraction of sp³-hybridized carbons (Fsp3) is 0.250. The first-order chi connectivity index (χ1) is 14.3. The Morgan fingerprint density at radius 2 is 1.93 bits per heavy atom. The number of carbonyl (C=O) groups is 1. The first kappa shape index (κ1) is 21.5. The van der Waals surface area contributed by atoms with Crippen LogP contribution in [0.3, 0.4) is 0 Å². The third-order valence-electron chi connectivity index (χ3n) is 4.33. The van der Waals surface area contributed by atoms with Gasteiger partial charge in [0.25, 0.3) is 5.91 Å². The number of halogens is 3. The zero-order chi connectivity index (χ0) is 21.7. The molecule has 1 aromatic carbocycles. The molecule has 7 nitrogen and oxygen atoms in total. The summed E-state index contributed by atoms with van der Waals surface area (Å²) in [6, 6.07) is 8.96. The van der Waals surface area contributed by atoms with Gasteiger partial charge in [-0.1, -0.05) is 0 Å². The number of hydrogen-bond acceptors (Lipinski definition) is 5. The molecule has 0 unspecified atom stereocenters. The van der Waals surface area contributed by atoms with E-state index in [9.17, 15) is 13.6 Å².